The van der Waals surface area contributed by atoms with Gasteiger partial charge in [0.2, 0.25) is 5.88 Å². The van der Waals surface area contributed by atoms with Crippen molar-refractivity contribution in [3.8, 4) is 11.9 Å². The molecule has 0 amide bonds. The molecule has 78 valence electrons. The summed E-state index contributed by atoms with van der Waals surface area (Å²) >= 11 is 0. The smallest absolute Gasteiger partial charge is 0.386 e. The second-order valence-corrected chi connectivity index (χ2v) is 2.40. The number of aldehydes is 1. The monoisotopic (exact) mass is 216 g/mol. The Kier molecular flexibility index (Phi) is 2.90. The Balaban J connectivity index is 3.10. The van der Waals surface area contributed by atoms with Crippen LogP contribution < -0.4 is 4.74 Å². The minimum absolute atomic E-state index is 0.000995. The van der Waals surface area contributed by atoms with Crippen molar-refractivity contribution in [1.82, 2.24) is 4.98 Å². The standard InChI is InChI=1S/C8H3F3N2O2/c9-8(10,11)15-7-6(2-12)1-5(4-14)3-13-7/h1,3-4H. The highest BCUT2D eigenvalue weighted by molar-refractivity contribution is 5.75. The van der Waals surface area contributed by atoms with Crippen molar-refractivity contribution in [2.24, 2.45) is 0 Å². The van der Waals surface area contributed by atoms with E-state index in [1.54, 1.807) is 0 Å². The van der Waals surface area contributed by atoms with Gasteiger partial charge in [0.1, 0.15) is 11.6 Å². The summed E-state index contributed by atoms with van der Waals surface area (Å²) in [6, 6.07) is 2.41. The fourth-order valence-electron chi connectivity index (χ4n) is 0.804. The first-order valence-electron chi connectivity index (χ1n) is 3.57. The second kappa shape index (κ2) is 3.96. The van der Waals surface area contributed by atoms with Gasteiger partial charge in [0, 0.05) is 11.8 Å². The van der Waals surface area contributed by atoms with Crippen LogP contribution in [0.5, 0.6) is 5.88 Å². The van der Waals surface area contributed by atoms with Crippen LogP contribution in [0.2, 0.25) is 0 Å². The zero-order chi connectivity index (χ0) is 11.5. The Labute approximate surface area is 81.9 Å². The summed E-state index contributed by atoms with van der Waals surface area (Å²) in [5, 5.41) is 8.48. The van der Waals surface area contributed by atoms with Gasteiger partial charge in [0.15, 0.2) is 6.29 Å². The molecule has 4 nitrogen and oxygen atoms in total. The van der Waals surface area contributed by atoms with Crippen LogP contribution in [0.4, 0.5) is 13.2 Å². The molecule has 0 atom stereocenters. The van der Waals surface area contributed by atoms with Crippen LogP contribution in [-0.4, -0.2) is 17.6 Å². The quantitative estimate of drug-likeness (QED) is 0.705. The molecule has 0 saturated carbocycles. The molecule has 0 aliphatic heterocycles. The van der Waals surface area contributed by atoms with E-state index < -0.39 is 17.8 Å². The highest BCUT2D eigenvalue weighted by Gasteiger charge is 2.33. The number of aromatic nitrogens is 1. The second-order valence-electron chi connectivity index (χ2n) is 2.40. The number of ether oxygens (including phenoxy) is 1. The average Bonchev–Trinajstić information content (AvgIpc) is 2.16. The van der Waals surface area contributed by atoms with E-state index in [1.807, 2.05) is 0 Å². The van der Waals surface area contributed by atoms with Gasteiger partial charge in [-0.15, -0.1) is 13.2 Å². The van der Waals surface area contributed by atoms with E-state index in [4.69, 9.17) is 5.26 Å². The lowest BCUT2D eigenvalue weighted by Crippen LogP contribution is -2.18. The molecular formula is C8H3F3N2O2. The van der Waals surface area contributed by atoms with Crippen LogP contribution in [0.25, 0.3) is 0 Å². The summed E-state index contributed by atoms with van der Waals surface area (Å²) in [7, 11) is 0. The van der Waals surface area contributed by atoms with E-state index in [2.05, 4.69) is 9.72 Å². The van der Waals surface area contributed by atoms with Crippen molar-refractivity contribution in [1.29, 1.82) is 5.26 Å². The number of carbonyl (C=O) groups is 1. The van der Waals surface area contributed by atoms with E-state index in [9.17, 15) is 18.0 Å². The molecular weight excluding hydrogens is 213 g/mol. The fraction of sp³-hybridized carbons (Fsp3) is 0.125. The molecule has 1 aromatic rings. The first-order chi connectivity index (χ1) is 6.96. The van der Waals surface area contributed by atoms with Crippen molar-refractivity contribution in [3.63, 3.8) is 0 Å². The normalized spacial score (nSPS) is 10.5. The number of pyridine rings is 1. The number of hydrogen-bond acceptors (Lipinski definition) is 4. The Bertz CT molecular complexity index is 423. The number of rotatable bonds is 2. The molecule has 15 heavy (non-hydrogen) atoms. The van der Waals surface area contributed by atoms with Crippen molar-refractivity contribution >= 4 is 6.29 Å². The maximum atomic E-state index is 11.8. The number of carbonyl (C=O) groups excluding carboxylic acids is 1. The maximum absolute atomic E-state index is 11.8. The summed E-state index contributed by atoms with van der Waals surface area (Å²) in [4.78, 5) is 13.5. The van der Waals surface area contributed by atoms with Crippen LogP contribution in [0.1, 0.15) is 15.9 Å². The predicted octanol–water partition coefficient (Wildman–Crippen LogP) is 1.66. The van der Waals surface area contributed by atoms with Gasteiger partial charge in [-0.3, -0.25) is 4.79 Å². The van der Waals surface area contributed by atoms with Crippen LogP contribution >= 0.6 is 0 Å². The van der Waals surface area contributed by atoms with Gasteiger partial charge in [0.05, 0.1) is 0 Å². The molecule has 1 aromatic heterocycles. The highest BCUT2D eigenvalue weighted by Crippen LogP contribution is 2.23. The zero-order valence-corrected chi connectivity index (χ0v) is 7.08. The summed E-state index contributed by atoms with van der Waals surface area (Å²) < 4.78 is 38.9. The van der Waals surface area contributed by atoms with Crippen molar-refractivity contribution in [2.45, 2.75) is 6.36 Å². The summed E-state index contributed by atoms with van der Waals surface area (Å²) in [5.74, 6) is -0.865. The van der Waals surface area contributed by atoms with Gasteiger partial charge < -0.3 is 4.74 Å². The van der Waals surface area contributed by atoms with E-state index in [-0.39, 0.29) is 5.56 Å². The van der Waals surface area contributed by atoms with Crippen LogP contribution in [0, 0.1) is 11.3 Å². The molecule has 1 rings (SSSR count). The molecule has 0 bridgehead atoms. The van der Waals surface area contributed by atoms with Gasteiger partial charge in [-0.1, -0.05) is 0 Å². The van der Waals surface area contributed by atoms with Gasteiger partial charge in [-0.05, 0) is 6.07 Å². The SMILES string of the molecule is N#Cc1cc(C=O)cnc1OC(F)(F)F. The lowest BCUT2D eigenvalue weighted by atomic mass is 10.2. The minimum Gasteiger partial charge on any atom is -0.386 e. The number of nitriles is 1. The van der Waals surface area contributed by atoms with Crippen LogP contribution in [0.15, 0.2) is 12.3 Å². The Morgan fingerprint density at radius 1 is 1.53 bits per heavy atom. The Morgan fingerprint density at radius 2 is 2.20 bits per heavy atom. The largest absolute Gasteiger partial charge is 0.574 e. The van der Waals surface area contributed by atoms with E-state index in [0.29, 0.717) is 6.29 Å². The number of hydrogen-bond donors (Lipinski definition) is 0. The number of halogens is 3. The lowest BCUT2D eigenvalue weighted by Gasteiger charge is -2.08. The molecule has 0 unspecified atom stereocenters. The third-order valence-electron chi connectivity index (χ3n) is 1.34. The minimum atomic E-state index is -4.92. The van der Waals surface area contributed by atoms with Gasteiger partial charge >= 0.3 is 6.36 Å². The van der Waals surface area contributed by atoms with Gasteiger partial charge in [-0.2, -0.15) is 5.26 Å². The lowest BCUT2D eigenvalue weighted by molar-refractivity contribution is -0.276. The molecule has 7 heteroatoms. The molecule has 0 fully saturated rings. The molecule has 0 radical (unpaired) electrons. The molecule has 0 saturated heterocycles. The van der Waals surface area contributed by atoms with Crippen molar-refractivity contribution < 1.29 is 22.7 Å². The van der Waals surface area contributed by atoms with E-state index >= 15 is 0 Å². The third-order valence-corrected chi connectivity index (χ3v) is 1.34. The third kappa shape index (κ3) is 2.95. The topological polar surface area (TPSA) is 63.0 Å². The first kappa shape index (κ1) is 11.0. The zero-order valence-electron chi connectivity index (χ0n) is 7.08. The Morgan fingerprint density at radius 3 is 2.67 bits per heavy atom. The average molecular weight is 216 g/mol. The summed E-state index contributed by atoms with van der Waals surface area (Å²) in [6.07, 6.45) is -3.67. The fourth-order valence-corrected chi connectivity index (χ4v) is 0.804. The highest BCUT2D eigenvalue weighted by atomic mass is 19.4. The molecule has 0 aliphatic carbocycles. The van der Waals surface area contributed by atoms with Gasteiger partial charge in [0.25, 0.3) is 0 Å². The predicted molar refractivity (Wildman–Crippen MR) is 41.0 cm³/mol. The van der Waals surface area contributed by atoms with Crippen molar-refractivity contribution in [2.75, 3.05) is 0 Å². The van der Waals surface area contributed by atoms with E-state index in [1.165, 1.54) is 6.07 Å². The molecule has 0 aliphatic rings. The van der Waals surface area contributed by atoms with Gasteiger partial charge in [-0.25, -0.2) is 4.98 Å². The molecule has 0 spiro atoms. The van der Waals surface area contributed by atoms with Crippen LogP contribution in [-0.2, 0) is 0 Å². The first-order valence-corrected chi connectivity index (χ1v) is 3.57. The Hall–Kier alpha value is -2.10. The van der Waals surface area contributed by atoms with E-state index in [0.717, 1.165) is 12.3 Å². The number of alkyl halides is 3. The van der Waals surface area contributed by atoms with Crippen LogP contribution in [0.3, 0.4) is 0 Å². The van der Waals surface area contributed by atoms with Crippen molar-refractivity contribution in [3.05, 3.63) is 23.4 Å². The molecule has 0 N–H and O–H groups in total. The summed E-state index contributed by atoms with van der Waals surface area (Å²) in [5.41, 5.74) is -0.446. The molecule has 0 aromatic carbocycles. The maximum Gasteiger partial charge on any atom is 0.574 e. The number of nitrogens with zero attached hydrogens (tertiary/aromatic N) is 2. The molecule has 1 heterocycles. The summed E-state index contributed by atoms with van der Waals surface area (Å²) in [6.45, 7) is 0.